The molecule has 1 atom stereocenters. The fraction of sp³-hybridized carbons (Fsp3) is 0.471. The maximum Gasteiger partial charge on any atom is 0.243 e. The van der Waals surface area contributed by atoms with Gasteiger partial charge in [-0.15, -0.1) is 11.6 Å². The largest absolute Gasteiger partial charge is 0.497 e. The number of alkyl halides is 1. The molecule has 0 aliphatic heterocycles. The number of hydrogen-bond acceptors (Lipinski definition) is 4. The third-order valence-electron chi connectivity index (χ3n) is 3.74. The summed E-state index contributed by atoms with van der Waals surface area (Å²) in [7, 11) is 1.56. The minimum atomic E-state index is -0.674. The summed E-state index contributed by atoms with van der Waals surface area (Å²) in [6, 6.07) is 6.93. The molecule has 0 aromatic heterocycles. The molecule has 7 nitrogen and oxygen atoms in total. The first-order valence-corrected chi connectivity index (χ1v) is 8.49. The lowest BCUT2D eigenvalue weighted by molar-refractivity contribution is -0.136. The Morgan fingerprint density at radius 3 is 2.40 bits per heavy atom. The standard InChI is InChI=1S/C17H22ClN3O4/c1-11(18)17(24)21(13-5-6-13)10-16(23)19-9-15(22)20-12-3-7-14(25-2)8-4-12/h3-4,7-8,11,13H,5-6,9-10H2,1-2H3,(H,19,23)(H,20,22)/t11-/m0/s1. The first-order valence-electron chi connectivity index (χ1n) is 8.06. The highest BCUT2D eigenvalue weighted by molar-refractivity contribution is 6.30. The molecule has 136 valence electrons. The summed E-state index contributed by atoms with van der Waals surface area (Å²) in [6.45, 7) is 1.32. The van der Waals surface area contributed by atoms with E-state index in [9.17, 15) is 14.4 Å². The molecule has 0 bridgehead atoms. The number of rotatable bonds is 8. The fourth-order valence-electron chi connectivity index (χ4n) is 2.27. The second-order valence-corrected chi connectivity index (χ2v) is 6.52. The van der Waals surface area contributed by atoms with E-state index < -0.39 is 5.38 Å². The summed E-state index contributed by atoms with van der Waals surface area (Å²) in [5.41, 5.74) is 0.603. The number of nitrogens with zero attached hydrogens (tertiary/aromatic N) is 1. The molecule has 1 fully saturated rings. The SMILES string of the molecule is COc1ccc(NC(=O)CNC(=O)CN(C(=O)[C@H](C)Cl)C2CC2)cc1. The summed E-state index contributed by atoms with van der Waals surface area (Å²) in [6.07, 6.45) is 1.75. The molecular formula is C17H22ClN3O4. The molecule has 0 heterocycles. The van der Waals surface area contributed by atoms with E-state index in [0.717, 1.165) is 12.8 Å². The number of halogens is 1. The average Bonchev–Trinajstić information content (AvgIpc) is 3.42. The van der Waals surface area contributed by atoms with E-state index in [2.05, 4.69) is 10.6 Å². The summed E-state index contributed by atoms with van der Waals surface area (Å²) in [5.74, 6) is -0.317. The topological polar surface area (TPSA) is 87.7 Å². The van der Waals surface area contributed by atoms with Gasteiger partial charge in [0.15, 0.2) is 0 Å². The number of ether oxygens (including phenoxy) is 1. The molecule has 0 spiro atoms. The Morgan fingerprint density at radius 2 is 1.88 bits per heavy atom. The molecule has 1 aliphatic rings. The van der Waals surface area contributed by atoms with Crippen molar-refractivity contribution in [2.24, 2.45) is 0 Å². The van der Waals surface area contributed by atoms with Crippen LogP contribution >= 0.6 is 11.6 Å². The van der Waals surface area contributed by atoms with Crippen molar-refractivity contribution in [3.63, 3.8) is 0 Å². The molecular weight excluding hydrogens is 346 g/mol. The highest BCUT2D eigenvalue weighted by atomic mass is 35.5. The molecule has 2 N–H and O–H groups in total. The van der Waals surface area contributed by atoms with Gasteiger partial charge in [0.05, 0.1) is 20.2 Å². The van der Waals surface area contributed by atoms with Gasteiger partial charge in [-0.3, -0.25) is 14.4 Å². The van der Waals surface area contributed by atoms with Gasteiger partial charge >= 0.3 is 0 Å². The van der Waals surface area contributed by atoms with E-state index in [1.54, 1.807) is 38.3 Å². The Balaban J connectivity index is 1.78. The highest BCUT2D eigenvalue weighted by Crippen LogP contribution is 2.27. The van der Waals surface area contributed by atoms with E-state index >= 15 is 0 Å². The maximum atomic E-state index is 12.0. The van der Waals surface area contributed by atoms with Gasteiger partial charge < -0.3 is 20.3 Å². The molecule has 3 amide bonds. The predicted molar refractivity (Wildman–Crippen MR) is 94.7 cm³/mol. The van der Waals surface area contributed by atoms with Crippen LogP contribution in [0.1, 0.15) is 19.8 Å². The van der Waals surface area contributed by atoms with Crippen LogP contribution in [0.3, 0.4) is 0 Å². The molecule has 25 heavy (non-hydrogen) atoms. The summed E-state index contributed by atoms with van der Waals surface area (Å²) in [4.78, 5) is 37.4. The van der Waals surface area contributed by atoms with Crippen LogP contribution in [0.5, 0.6) is 5.75 Å². The van der Waals surface area contributed by atoms with Gasteiger partial charge in [0, 0.05) is 11.7 Å². The van der Waals surface area contributed by atoms with Crippen LogP contribution < -0.4 is 15.4 Å². The lowest BCUT2D eigenvalue weighted by atomic mass is 10.3. The summed E-state index contributed by atoms with van der Waals surface area (Å²) < 4.78 is 5.04. The van der Waals surface area contributed by atoms with Crippen molar-refractivity contribution < 1.29 is 19.1 Å². The minimum absolute atomic E-state index is 0.0765. The third kappa shape index (κ3) is 5.94. The van der Waals surface area contributed by atoms with Gasteiger partial charge in [-0.1, -0.05) is 0 Å². The van der Waals surface area contributed by atoms with Crippen molar-refractivity contribution in [3.8, 4) is 5.75 Å². The van der Waals surface area contributed by atoms with Gasteiger partial charge in [-0.05, 0) is 44.0 Å². The van der Waals surface area contributed by atoms with Crippen molar-refractivity contribution in [2.45, 2.75) is 31.2 Å². The third-order valence-corrected chi connectivity index (χ3v) is 3.93. The number of carbonyl (C=O) groups is 3. The smallest absolute Gasteiger partial charge is 0.243 e. The van der Waals surface area contributed by atoms with Gasteiger partial charge in [-0.2, -0.15) is 0 Å². The number of benzene rings is 1. The number of methoxy groups -OCH3 is 1. The van der Waals surface area contributed by atoms with Crippen LogP contribution in [0.15, 0.2) is 24.3 Å². The van der Waals surface area contributed by atoms with E-state index in [-0.39, 0.29) is 36.9 Å². The van der Waals surface area contributed by atoms with Crippen LogP contribution in [-0.2, 0) is 14.4 Å². The molecule has 0 radical (unpaired) electrons. The fourth-order valence-corrected chi connectivity index (χ4v) is 2.40. The first-order chi connectivity index (χ1) is 11.9. The zero-order valence-electron chi connectivity index (χ0n) is 14.3. The van der Waals surface area contributed by atoms with E-state index in [1.807, 2.05) is 0 Å². The Labute approximate surface area is 151 Å². The number of amides is 3. The molecule has 1 aromatic carbocycles. The Kier molecular flexibility index (Phi) is 6.64. The van der Waals surface area contributed by atoms with Crippen LogP contribution in [0.4, 0.5) is 5.69 Å². The monoisotopic (exact) mass is 367 g/mol. The number of nitrogens with one attached hydrogen (secondary N) is 2. The molecule has 2 rings (SSSR count). The Bertz CT molecular complexity index is 629. The van der Waals surface area contributed by atoms with E-state index in [4.69, 9.17) is 16.3 Å². The second-order valence-electron chi connectivity index (χ2n) is 5.87. The van der Waals surface area contributed by atoms with Gasteiger partial charge in [0.2, 0.25) is 17.7 Å². The van der Waals surface area contributed by atoms with Crippen LogP contribution in [0.2, 0.25) is 0 Å². The number of anilines is 1. The molecule has 0 saturated heterocycles. The molecule has 8 heteroatoms. The average molecular weight is 368 g/mol. The predicted octanol–water partition coefficient (Wildman–Crippen LogP) is 1.37. The Morgan fingerprint density at radius 1 is 1.24 bits per heavy atom. The lowest BCUT2D eigenvalue weighted by Crippen LogP contribution is -2.45. The normalized spacial score (nSPS) is 14.4. The van der Waals surface area contributed by atoms with Gasteiger partial charge in [-0.25, -0.2) is 0 Å². The second kappa shape index (κ2) is 8.71. The van der Waals surface area contributed by atoms with Crippen LogP contribution in [-0.4, -0.2) is 54.2 Å². The minimum Gasteiger partial charge on any atom is -0.497 e. The zero-order valence-corrected chi connectivity index (χ0v) is 15.0. The van der Waals surface area contributed by atoms with E-state index in [0.29, 0.717) is 11.4 Å². The van der Waals surface area contributed by atoms with Crippen LogP contribution in [0.25, 0.3) is 0 Å². The number of carbonyl (C=O) groups excluding carboxylic acids is 3. The zero-order chi connectivity index (χ0) is 18.4. The van der Waals surface area contributed by atoms with Gasteiger partial charge in [0.1, 0.15) is 11.1 Å². The Hall–Kier alpha value is -2.28. The number of hydrogen-bond donors (Lipinski definition) is 2. The van der Waals surface area contributed by atoms with Crippen molar-refractivity contribution in [1.29, 1.82) is 0 Å². The van der Waals surface area contributed by atoms with Crippen molar-refractivity contribution in [2.75, 3.05) is 25.5 Å². The quantitative estimate of drug-likeness (QED) is 0.679. The molecule has 1 aliphatic carbocycles. The summed E-state index contributed by atoms with van der Waals surface area (Å²) >= 11 is 5.82. The van der Waals surface area contributed by atoms with Crippen molar-refractivity contribution in [3.05, 3.63) is 24.3 Å². The lowest BCUT2D eigenvalue weighted by Gasteiger charge is -2.22. The van der Waals surface area contributed by atoms with Gasteiger partial charge in [0.25, 0.3) is 0 Å². The van der Waals surface area contributed by atoms with E-state index in [1.165, 1.54) is 4.90 Å². The highest BCUT2D eigenvalue weighted by Gasteiger charge is 2.35. The van der Waals surface area contributed by atoms with Crippen LogP contribution in [0, 0.1) is 0 Å². The first kappa shape index (κ1) is 19.1. The molecule has 0 unspecified atom stereocenters. The summed E-state index contributed by atoms with van der Waals surface area (Å²) in [5, 5.41) is 4.51. The molecule has 1 saturated carbocycles. The maximum absolute atomic E-state index is 12.0. The van der Waals surface area contributed by atoms with Crippen molar-refractivity contribution in [1.82, 2.24) is 10.2 Å². The van der Waals surface area contributed by atoms with Crippen molar-refractivity contribution >= 4 is 35.0 Å². The molecule has 1 aromatic rings.